The van der Waals surface area contributed by atoms with Crippen LogP contribution in [0.2, 0.25) is 0 Å². The van der Waals surface area contributed by atoms with Gasteiger partial charge >= 0.3 is 0 Å². The fourth-order valence-electron chi connectivity index (χ4n) is 3.26. The molecule has 0 saturated carbocycles. The second kappa shape index (κ2) is 8.79. The molecule has 0 N–H and O–H groups in total. The van der Waals surface area contributed by atoms with E-state index in [9.17, 15) is 9.59 Å². The average Bonchev–Trinajstić information content (AvgIpc) is 3.08. The van der Waals surface area contributed by atoms with Crippen LogP contribution in [0, 0.1) is 6.92 Å². The minimum absolute atomic E-state index is 0.371. The fraction of sp³-hybridized carbons (Fsp3) is 0.115. The highest BCUT2D eigenvalue weighted by Crippen LogP contribution is 2.26. The molecule has 0 unspecified atom stereocenters. The van der Waals surface area contributed by atoms with E-state index in [1.165, 1.54) is 5.56 Å². The highest BCUT2D eigenvalue weighted by molar-refractivity contribution is 6.30. The molecule has 31 heavy (non-hydrogen) atoms. The SMILES string of the molecule is CC1=NN(C(=O)c2ccccc2)C(=O)/C1=C/c1ccccc1OCc1ccc(C)cc1. The number of para-hydroxylation sites is 1. The zero-order chi connectivity index (χ0) is 21.8. The van der Waals surface area contributed by atoms with E-state index in [2.05, 4.69) is 5.10 Å². The monoisotopic (exact) mass is 410 g/mol. The van der Waals surface area contributed by atoms with Crippen LogP contribution < -0.4 is 4.74 Å². The van der Waals surface area contributed by atoms with Gasteiger partial charge in [0, 0.05) is 11.1 Å². The number of hydrazone groups is 1. The molecule has 0 spiro atoms. The Labute approximate surface area is 181 Å². The van der Waals surface area contributed by atoms with Crippen LogP contribution in [0.5, 0.6) is 5.75 Å². The van der Waals surface area contributed by atoms with Crippen LogP contribution in [0.4, 0.5) is 0 Å². The Bertz CT molecular complexity index is 1180. The first kappa shape index (κ1) is 20.3. The van der Waals surface area contributed by atoms with Gasteiger partial charge in [-0.3, -0.25) is 9.59 Å². The summed E-state index contributed by atoms with van der Waals surface area (Å²) >= 11 is 0. The van der Waals surface area contributed by atoms with Crippen LogP contribution >= 0.6 is 0 Å². The summed E-state index contributed by atoms with van der Waals surface area (Å²) in [5.41, 5.74) is 4.27. The Morgan fingerprint density at radius 1 is 0.935 bits per heavy atom. The van der Waals surface area contributed by atoms with E-state index in [1.807, 2.05) is 61.5 Å². The summed E-state index contributed by atoms with van der Waals surface area (Å²) < 4.78 is 6.01. The molecular formula is C26H22N2O3. The van der Waals surface area contributed by atoms with Gasteiger partial charge in [0.2, 0.25) is 0 Å². The van der Waals surface area contributed by atoms with Crippen LogP contribution in [-0.4, -0.2) is 22.5 Å². The molecule has 154 valence electrons. The van der Waals surface area contributed by atoms with Crippen molar-refractivity contribution in [3.63, 3.8) is 0 Å². The predicted octanol–water partition coefficient (Wildman–Crippen LogP) is 5.02. The molecule has 1 aliphatic heterocycles. The Kier molecular flexibility index (Phi) is 5.76. The Morgan fingerprint density at radius 3 is 2.35 bits per heavy atom. The van der Waals surface area contributed by atoms with Crippen LogP contribution in [0.1, 0.15) is 34.0 Å². The van der Waals surface area contributed by atoms with Crippen LogP contribution in [0.25, 0.3) is 6.08 Å². The van der Waals surface area contributed by atoms with Crippen molar-refractivity contribution in [1.82, 2.24) is 5.01 Å². The van der Waals surface area contributed by atoms with E-state index < -0.39 is 11.8 Å². The number of carbonyl (C=O) groups is 2. The number of hydrogen-bond acceptors (Lipinski definition) is 4. The van der Waals surface area contributed by atoms with Crippen molar-refractivity contribution < 1.29 is 14.3 Å². The summed E-state index contributed by atoms with van der Waals surface area (Å²) in [5.74, 6) is -0.235. The molecule has 3 aromatic carbocycles. The maximum Gasteiger partial charge on any atom is 0.283 e. The first-order valence-electron chi connectivity index (χ1n) is 10.0. The first-order valence-corrected chi connectivity index (χ1v) is 10.0. The maximum atomic E-state index is 12.9. The van der Waals surface area contributed by atoms with Crippen LogP contribution in [0.15, 0.2) is 89.5 Å². The topological polar surface area (TPSA) is 59.0 Å². The number of ether oxygens (including phenoxy) is 1. The third-order valence-electron chi connectivity index (χ3n) is 5.01. The summed E-state index contributed by atoms with van der Waals surface area (Å²) in [5, 5.41) is 5.12. The van der Waals surface area contributed by atoms with Crippen molar-refractivity contribution in [2.75, 3.05) is 0 Å². The molecule has 0 radical (unpaired) electrons. The molecule has 1 aliphatic rings. The smallest absolute Gasteiger partial charge is 0.283 e. The van der Waals surface area contributed by atoms with Gasteiger partial charge in [-0.1, -0.05) is 66.2 Å². The third-order valence-corrected chi connectivity index (χ3v) is 5.01. The van der Waals surface area contributed by atoms with Crippen molar-refractivity contribution in [3.05, 3.63) is 107 Å². The lowest BCUT2D eigenvalue weighted by Gasteiger charge is -2.11. The van der Waals surface area contributed by atoms with E-state index in [4.69, 9.17) is 4.74 Å². The quantitative estimate of drug-likeness (QED) is 0.439. The maximum absolute atomic E-state index is 12.9. The van der Waals surface area contributed by atoms with Crippen molar-refractivity contribution in [2.45, 2.75) is 20.5 Å². The molecule has 3 aromatic rings. The number of amides is 2. The second-order valence-electron chi connectivity index (χ2n) is 7.34. The van der Waals surface area contributed by atoms with Gasteiger partial charge in [0.1, 0.15) is 12.4 Å². The van der Waals surface area contributed by atoms with Gasteiger partial charge in [-0.15, -0.1) is 0 Å². The summed E-state index contributed by atoms with van der Waals surface area (Å²) in [4.78, 5) is 25.6. The van der Waals surface area contributed by atoms with Gasteiger partial charge < -0.3 is 4.74 Å². The van der Waals surface area contributed by atoms with Crippen LogP contribution in [0.3, 0.4) is 0 Å². The summed E-state index contributed by atoms with van der Waals surface area (Å²) in [6, 6.07) is 24.3. The van der Waals surface area contributed by atoms with Gasteiger partial charge in [-0.2, -0.15) is 10.1 Å². The lowest BCUT2D eigenvalue weighted by Crippen LogP contribution is -2.29. The summed E-state index contributed by atoms with van der Waals surface area (Å²) in [6.07, 6.45) is 1.73. The van der Waals surface area contributed by atoms with Crippen molar-refractivity contribution in [3.8, 4) is 5.75 Å². The van der Waals surface area contributed by atoms with Gasteiger partial charge in [-0.25, -0.2) is 0 Å². The molecule has 0 aliphatic carbocycles. The molecule has 5 heteroatoms. The number of aryl methyl sites for hydroxylation is 1. The third kappa shape index (κ3) is 4.46. The van der Waals surface area contributed by atoms with Crippen molar-refractivity contribution >= 4 is 23.6 Å². The Hall–Kier alpha value is -3.99. The standard InChI is InChI=1S/C26H22N2O3/c1-18-12-14-20(15-13-18)17-31-24-11-7-6-10-22(24)16-23-19(2)27-28(26(23)30)25(29)21-8-4-3-5-9-21/h3-16H,17H2,1-2H3/b23-16+. The molecule has 0 fully saturated rings. The summed E-state index contributed by atoms with van der Waals surface area (Å²) in [6.45, 7) is 4.18. The van der Waals surface area contributed by atoms with Gasteiger partial charge in [0.05, 0.1) is 11.3 Å². The zero-order valence-corrected chi connectivity index (χ0v) is 17.4. The van der Waals surface area contributed by atoms with Gasteiger partial charge in [-0.05, 0) is 43.7 Å². The van der Waals surface area contributed by atoms with Gasteiger partial charge in [0.25, 0.3) is 11.8 Å². The molecule has 2 amide bonds. The largest absolute Gasteiger partial charge is 0.488 e. The molecule has 1 heterocycles. The molecule has 0 saturated heterocycles. The minimum atomic E-state index is -0.447. The lowest BCUT2D eigenvalue weighted by atomic mass is 10.1. The number of benzene rings is 3. The van der Waals surface area contributed by atoms with Gasteiger partial charge in [0.15, 0.2) is 0 Å². The highest BCUT2D eigenvalue weighted by atomic mass is 16.5. The van der Waals surface area contributed by atoms with Crippen LogP contribution in [-0.2, 0) is 11.4 Å². The van der Waals surface area contributed by atoms with Crippen molar-refractivity contribution in [2.24, 2.45) is 5.10 Å². The Morgan fingerprint density at radius 2 is 1.61 bits per heavy atom. The number of nitrogens with zero attached hydrogens (tertiary/aromatic N) is 2. The first-order chi connectivity index (χ1) is 15.0. The second-order valence-corrected chi connectivity index (χ2v) is 7.34. The predicted molar refractivity (Wildman–Crippen MR) is 121 cm³/mol. The lowest BCUT2D eigenvalue weighted by molar-refractivity contribution is -0.123. The Balaban J connectivity index is 1.56. The highest BCUT2D eigenvalue weighted by Gasteiger charge is 2.33. The number of carbonyl (C=O) groups excluding carboxylic acids is 2. The molecule has 0 bridgehead atoms. The number of hydrogen-bond donors (Lipinski definition) is 0. The summed E-state index contributed by atoms with van der Waals surface area (Å²) in [7, 11) is 0. The van der Waals surface area contributed by atoms with E-state index in [1.54, 1.807) is 37.3 Å². The fourth-order valence-corrected chi connectivity index (χ4v) is 3.26. The normalized spacial score (nSPS) is 14.6. The van der Waals surface area contributed by atoms with E-state index in [-0.39, 0.29) is 0 Å². The molecule has 0 atom stereocenters. The minimum Gasteiger partial charge on any atom is -0.488 e. The number of rotatable bonds is 5. The molecule has 0 aromatic heterocycles. The van der Waals surface area contributed by atoms with E-state index in [0.29, 0.717) is 29.2 Å². The van der Waals surface area contributed by atoms with Crippen molar-refractivity contribution in [1.29, 1.82) is 0 Å². The average molecular weight is 410 g/mol. The zero-order valence-electron chi connectivity index (χ0n) is 17.4. The van der Waals surface area contributed by atoms with E-state index in [0.717, 1.165) is 16.1 Å². The molecular weight excluding hydrogens is 388 g/mol. The number of imide groups is 1. The molecule has 4 rings (SSSR count). The molecule has 5 nitrogen and oxygen atoms in total. The van der Waals surface area contributed by atoms with E-state index >= 15 is 0 Å².